The van der Waals surface area contributed by atoms with Gasteiger partial charge in [-0.1, -0.05) is 0 Å². The SMILES string of the molecule is NC[C@H]1CC[C@H](CN)CC1. The summed E-state index contributed by atoms with van der Waals surface area (Å²) in [6.07, 6.45) is 5.22. The molecule has 2 heteroatoms. The van der Waals surface area contributed by atoms with Crippen LogP contribution in [0.2, 0.25) is 0 Å². The van der Waals surface area contributed by atoms with Crippen LogP contribution in [0.3, 0.4) is 0 Å². The molecule has 0 amide bonds. The molecule has 0 atom stereocenters. The van der Waals surface area contributed by atoms with Gasteiger partial charge < -0.3 is 11.5 Å². The highest BCUT2D eigenvalue weighted by molar-refractivity contribution is 4.72. The molecular weight excluding hydrogens is 124 g/mol. The fourth-order valence-electron chi connectivity index (χ4n) is 1.70. The van der Waals surface area contributed by atoms with Crippen molar-refractivity contribution < 1.29 is 0 Å². The molecule has 2 nitrogen and oxygen atoms in total. The largest absolute Gasteiger partial charge is 0.330 e. The molecule has 0 bridgehead atoms. The zero-order valence-electron chi connectivity index (χ0n) is 6.55. The van der Waals surface area contributed by atoms with Crippen molar-refractivity contribution in [3.63, 3.8) is 0 Å². The van der Waals surface area contributed by atoms with Crippen molar-refractivity contribution in [2.45, 2.75) is 25.7 Å². The lowest BCUT2D eigenvalue weighted by molar-refractivity contribution is 0.285. The van der Waals surface area contributed by atoms with Crippen molar-refractivity contribution in [3.05, 3.63) is 0 Å². The minimum Gasteiger partial charge on any atom is -0.330 e. The van der Waals surface area contributed by atoms with E-state index in [1.54, 1.807) is 0 Å². The Morgan fingerprint density at radius 3 is 1.30 bits per heavy atom. The van der Waals surface area contributed by atoms with E-state index in [-0.39, 0.29) is 0 Å². The average molecular weight is 142 g/mol. The summed E-state index contributed by atoms with van der Waals surface area (Å²) in [5, 5.41) is 0. The van der Waals surface area contributed by atoms with Crippen LogP contribution in [0.1, 0.15) is 25.7 Å². The standard InChI is InChI=1S/C8H18N2/c9-5-7-1-2-8(6-10)4-3-7/h7-8H,1-6,9-10H2/t7-,8-. The van der Waals surface area contributed by atoms with E-state index in [4.69, 9.17) is 11.5 Å². The Kier molecular flexibility index (Phi) is 3.16. The predicted octanol–water partition coefficient (Wildman–Crippen LogP) is 0.710. The Morgan fingerprint density at radius 2 is 1.10 bits per heavy atom. The first-order chi connectivity index (χ1) is 4.86. The Balaban J connectivity index is 2.17. The Morgan fingerprint density at radius 1 is 0.800 bits per heavy atom. The van der Waals surface area contributed by atoms with Gasteiger partial charge in [0.2, 0.25) is 0 Å². The molecule has 1 rings (SSSR count). The van der Waals surface area contributed by atoms with Gasteiger partial charge in [-0.25, -0.2) is 0 Å². The van der Waals surface area contributed by atoms with Gasteiger partial charge in [0.15, 0.2) is 0 Å². The Bertz CT molecular complexity index is 73.3. The van der Waals surface area contributed by atoms with Gasteiger partial charge in [-0.05, 0) is 50.6 Å². The third-order valence-corrected chi connectivity index (χ3v) is 2.63. The summed E-state index contributed by atoms with van der Waals surface area (Å²) in [6, 6.07) is 0. The van der Waals surface area contributed by atoms with Crippen LogP contribution in [0.4, 0.5) is 0 Å². The Hall–Kier alpha value is -0.0800. The van der Waals surface area contributed by atoms with Crippen LogP contribution in [0, 0.1) is 11.8 Å². The monoisotopic (exact) mass is 142 g/mol. The second kappa shape index (κ2) is 3.94. The summed E-state index contributed by atoms with van der Waals surface area (Å²) in [6.45, 7) is 1.74. The molecule has 1 aliphatic rings. The molecule has 0 spiro atoms. The first-order valence-corrected chi connectivity index (χ1v) is 4.27. The highest BCUT2D eigenvalue weighted by Crippen LogP contribution is 2.26. The van der Waals surface area contributed by atoms with Crippen LogP contribution in [0.15, 0.2) is 0 Å². The summed E-state index contributed by atoms with van der Waals surface area (Å²) in [4.78, 5) is 0. The molecule has 1 saturated carbocycles. The maximum atomic E-state index is 5.56. The lowest BCUT2D eigenvalue weighted by Crippen LogP contribution is -2.25. The molecule has 0 saturated heterocycles. The second-order valence-corrected chi connectivity index (χ2v) is 3.36. The average Bonchev–Trinajstić information content (AvgIpc) is 2.05. The van der Waals surface area contributed by atoms with Gasteiger partial charge in [-0.15, -0.1) is 0 Å². The molecule has 4 N–H and O–H groups in total. The molecule has 60 valence electrons. The number of rotatable bonds is 2. The molecule has 0 heterocycles. The molecule has 1 aliphatic carbocycles. The van der Waals surface area contributed by atoms with Crippen molar-refractivity contribution in [3.8, 4) is 0 Å². The van der Waals surface area contributed by atoms with E-state index in [9.17, 15) is 0 Å². The van der Waals surface area contributed by atoms with Gasteiger partial charge in [0.05, 0.1) is 0 Å². The summed E-state index contributed by atoms with van der Waals surface area (Å²) >= 11 is 0. The van der Waals surface area contributed by atoms with E-state index >= 15 is 0 Å². The number of hydrogen-bond donors (Lipinski definition) is 2. The smallest absolute Gasteiger partial charge is 0.00489 e. The number of hydrogen-bond acceptors (Lipinski definition) is 2. The van der Waals surface area contributed by atoms with Gasteiger partial charge in [-0.3, -0.25) is 0 Å². The van der Waals surface area contributed by atoms with E-state index in [2.05, 4.69) is 0 Å². The minimum absolute atomic E-state index is 0.794. The molecule has 1 fully saturated rings. The van der Waals surface area contributed by atoms with Crippen LogP contribution in [0.25, 0.3) is 0 Å². The maximum Gasteiger partial charge on any atom is -0.00489 e. The normalized spacial score (nSPS) is 34.2. The second-order valence-electron chi connectivity index (χ2n) is 3.36. The lowest BCUT2D eigenvalue weighted by atomic mass is 9.82. The van der Waals surface area contributed by atoms with E-state index in [0.717, 1.165) is 24.9 Å². The van der Waals surface area contributed by atoms with E-state index in [1.165, 1.54) is 25.7 Å². The zero-order chi connectivity index (χ0) is 7.40. The molecule has 0 aromatic carbocycles. The number of nitrogens with two attached hydrogens (primary N) is 2. The van der Waals surface area contributed by atoms with E-state index in [0.29, 0.717) is 0 Å². The first kappa shape index (κ1) is 8.02. The van der Waals surface area contributed by atoms with Gasteiger partial charge in [0, 0.05) is 0 Å². The molecule has 10 heavy (non-hydrogen) atoms. The van der Waals surface area contributed by atoms with Gasteiger partial charge in [0.1, 0.15) is 0 Å². The topological polar surface area (TPSA) is 52.0 Å². The quantitative estimate of drug-likeness (QED) is 0.596. The molecular formula is C8H18N2. The summed E-state index contributed by atoms with van der Waals surface area (Å²) in [5.74, 6) is 1.59. The molecule has 0 aliphatic heterocycles. The summed E-state index contributed by atoms with van der Waals surface area (Å²) < 4.78 is 0. The minimum atomic E-state index is 0.794. The molecule has 0 radical (unpaired) electrons. The Labute approximate surface area is 63.0 Å². The van der Waals surface area contributed by atoms with Crippen LogP contribution in [-0.4, -0.2) is 13.1 Å². The van der Waals surface area contributed by atoms with Crippen LogP contribution in [0.5, 0.6) is 0 Å². The molecule has 0 aromatic rings. The van der Waals surface area contributed by atoms with Gasteiger partial charge >= 0.3 is 0 Å². The van der Waals surface area contributed by atoms with Gasteiger partial charge in [-0.2, -0.15) is 0 Å². The highest BCUT2D eigenvalue weighted by Gasteiger charge is 2.18. The third kappa shape index (κ3) is 1.96. The van der Waals surface area contributed by atoms with Crippen LogP contribution >= 0.6 is 0 Å². The fraction of sp³-hybridized carbons (Fsp3) is 1.00. The third-order valence-electron chi connectivity index (χ3n) is 2.63. The first-order valence-electron chi connectivity index (χ1n) is 4.27. The summed E-state index contributed by atoms with van der Waals surface area (Å²) in [5.41, 5.74) is 11.1. The van der Waals surface area contributed by atoms with E-state index < -0.39 is 0 Å². The predicted molar refractivity (Wildman–Crippen MR) is 43.6 cm³/mol. The highest BCUT2D eigenvalue weighted by atomic mass is 14.6. The summed E-state index contributed by atoms with van der Waals surface area (Å²) in [7, 11) is 0. The molecule has 0 unspecified atom stereocenters. The van der Waals surface area contributed by atoms with Crippen molar-refractivity contribution in [2.24, 2.45) is 23.3 Å². The van der Waals surface area contributed by atoms with Crippen LogP contribution in [-0.2, 0) is 0 Å². The van der Waals surface area contributed by atoms with Gasteiger partial charge in [0.25, 0.3) is 0 Å². The van der Waals surface area contributed by atoms with E-state index in [1.807, 2.05) is 0 Å². The lowest BCUT2D eigenvalue weighted by Gasteiger charge is -2.26. The maximum absolute atomic E-state index is 5.56. The fourth-order valence-corrected chi connectivity index (χ4v) is 1.70. The zero-order valence-corrected chi connectivity index (χ0v) is 6.55. The van der Waals surface area contributed by atoms with Crippen molar-refractivity contribution in [2.75, 3.05) is 13.1 Å². The van der Waals surface area contributed by atoms with Crippen molar-refractivity contribution >= 4 is 0 Å². The van der Waals surface area contributed by atoms with Crippen molar-refractivity contribution in [1.82, 2.24) is 0 Å². The van der Waals surface area contributed by atoms with Crippen molar-refractivity contribution in [1.29, 1.82) is 0 Å². The molecule has 0 aromatic heterocycles. The van der Waals surface area contributed by atoms with Crippen LogP contribution < -0.4 is 11.5 Å².